The second-order valence-corrected chi connectivity index (χ2v) is 7.45. The standard InChI is InChI=1S/C19H19FINO3/c1-19(20,25-2)18(24)22-10-9-13-11-15(23)7-8-16(13)17(22)12-3-5-14(21)6-4-12/h3-8,11,17,23H,9-10H2,1-2H3. The number of carbonyl (C=O) groups excluding carboxylic acids is 1. The number of rotatable bonds is 3. The molecule has 0 saturated heterocycles. The number of methoxy groups -OCH3 is 1. The molecule has 0 spiro atoms. The van der Waals surface area contributed by atoms with Gasteiger partial charge < -0.3 is 14.7 Å². The number of hydrogen-bond acceptors (Lipinski definition) is 3. The Hall–Kier alpha value is -1.67. The summed E-state index contributed by atoms with van der Waals surface area (Å²) in [5.74, 6) is -2.89. The number of benzene rings is 2. The summed E-state index contributed by atoms with van der Waals surface area (Å²) < 4.78 is 20.4. The average Bonchev–Trinajstić information content (AvgIpc) is 2.60. The molecule has 2 aromatic rings. The maximum Gasteiger partial charge on any atom is 0.288 e. The molecule has 2 aromatic carbocycles. The van der Waals surface area contributed by atoms with Crippen molar-refractivity contribution in [1.29, 1.82) is 0 Å². The van der Waals surface area contributed by atoms with Crippen molar-refractivity contribution < 1.29 is 19.0 Å². The minimum atomic E-state index is -2.38. The highest BCUT2D eigenvalue weighted by atomic mass is 127. The van der Waals surface area contributed by atoms with E-state index in [1.165, 1.54) is 12.0 Å². The minimum absolute atomic E-state index is 0.187. The van der Waals surface area contributed by atoms with Gasteiger partial charge in [-0.2, -0.15) is 0 Å². The van der Waals surface area contributed by atoms with Gasteiger partial charge in [-0.25, -0.2) is 4.39 Å². The van der Waals surface area contributed by atoms with Gasteiger partial charge in [0.1, 0.15) is 5.75 Å². The van der Waals surface area contributed by atoms with Crippen LogP contribution in [0.3, 0.4) is 0 Å². The van der Waals surface area contributed by atoms with Gasteiger partial charge in [0, 0.05) is 24.1 Å². The first-order valence-electron chi connectivity index (χ1n) is 7.96. The third-order valence-electron chi connectivity index (χ3n) is 4.57. The first-order chi connectivity index (χ1) is 11.8. The zero-order chi connectivity index (χ0) is 18.2. The summed E-state index contributed by atoms with van der Waals surface area (Å²) in [5, 5.41) is 9.76. The van der Waals surface area contributed by atoms with E-state index < -0.39 is 17.8 Å². The SMILES string of the molecule is COC(C)(F)C(=O)N1CCc2cc(O)ccc2C1c1ccc(I)cc1. The average molecular weight is 455 g/mol. The van der Waals surface area contributed by atoms with Gasteiger partial charge in [-0.15, -0.1) is 0 Å². The lowest BCUT2D eigenvalue weighted by Gasteiger charge is -2.40. The van der Waals surface area contributed by atoms with Crippen LogP contribution in [-0.4, -0.2) is 35.4 Å². The van der Waals surface area contributed by atoms with Crippen molar-refractivity contribution in [2.75, 3.05) is 13.7 Å². The summed E-state index contributed by atoms with van der Waals surface area (Å²) in [6, 6.07) is 12.5. The molecule has 0 fully saturated rings. The summed E-state index contributed by atoms with van der Waals surface area (Å²) in [4.78, 5) is 14.3. The molecule has 0 aromatic heterocycles. The number of aromatic hydroxyl groups is 1. The van der Waals surface area contributed by atoms with E-state index in [1.807, 2.05) is 24.3 Å². The summed E-state index contributed by atoms with van der Waals surface area (Å²) in [6.07, 6.45) is 0.552. The Morgan fingerprint density at radius 2 is 2.00 bits per heavy atom. The predicted octanol–water partition coefficient (Wildman–Crippen LogP) is 3.80. The minimum Gasteiger partial charge on any atom is -0.508 e. The van der Waals surface area contributed by atoms with E-state index in [1.54, 1.807) is 18.2 Å². The molecule has 3 rings (SSSR count). The van der Waals surface area contributed by atoms with Gasteiger partial charge in [0.2, 0.25) is 0 Å². The highest BCUT2D eigenvalue weighted by molar-refractivity contribution is 14.1. The number of fused-ring (bicyclic) bond motifs is 1. The van der Waals surface area contributed by atoms with Crippen LogP contribution in [0.15, 0.2) is 42.5 Å². The number of hydrogen-bond donors (Lipinski definition) is 1. The molecule has 1 aliphatic heterocycles. The van der Waals surface area contributed by atoms with Gasteiger partial charge in [0.25, 0.3) is 11.8 Å². The Morgan fingerprint density at radius 3 is 2.64 bits per heavy atom. The number of halogens is 2. The number of phenolic OH excluding ortho intramolecular Hbond substituents is 1. The third-order valence-corrected chi connectivity index (χ3v) is 5.29. The van der Waals surface area contributed by atoms with Crippen LogP contribution in [0.5, 0.6) is 5.75 Å². The quantitative estimate of drug-likeness (QED) is 0.717. The predicted molar refractivity (Wildman–Crippen MR) is 101 cm³/mol. The first-order valence-corrected chi connectivity index (χ1v) is 9.04. The summed E-state index contributed by atoms with van der Waals surface area (Å²) in [7, 11) is 1.19. The van der Waals surface area contributed by atoms with Crippen LogP contribution < -0.4 is 0 Å². The van der Waals surface area contributed by atoms with Crippen molar-refractivity contribution in [2.45, 2.75) is 25.2 Å². The number of amides is 1. The van der Waals surface area contributed by atoms with Gasteiger partial charge >= 0.3 is 0 Å². The van der Waals surface area contributed by atoms with Crippen molar-refractivity contribution >= 4 is 28.5 Å². The Bertz CT molecular complexity index is 792. The van der Waals surface area contributed by atoms with Crippen LogP contribution in [0.25, 0.3) is 0 Å². The largest absolute Gasteiger partial charge is 0.508 e. The van der Waals surface area contributed by atoms with Gasteiger partial charge in [-0.1, -0.05) is 18.2 Å². The fraction of sp³-hybridized carbons (Fsp3) is 0.316. The van der Waals surface area contributed by atoms with Gasteiger partial charge in [-0.3, -0.25) is 4.79 Å². The molecule has 1 aliphatic rings. The van der Waals surface area contributed by atoms with Crippen molar-refractivity contribution in [3.05, 3.63) is 62.7 Å². The Morgan fingerprint density at radius 1 is 1.32 bits per heavy atom. The van der Waals surface area contributed by atoms with E-state index in [2.05, 4.69) is 22.6 Å². The van der Waals surface area contributed by atoms with Crippen LogP contribution in [-0.2, 0) is 16.0 Å². The lowest BCUT2D eigenvalue weighted by atomic mass is 9.87. The molecule has 2 unspecified atom stereocenters. The first kappa shape index (κ1) is 18.1. The smallest absolute Gasteiger partial charge is 0.288 e. The topological polar surface area (TPSA) is 49.8 Å². The second kappa shape index (κ2) is 6.92. The molecule has 1 amide bonds. The zero-order valence-electron chi connectivity index (χ0n) is 14.0. The summed E-state index contributed by atoms with van der Waals surface area (Å²) >= 11 is 2.22. The van der Waals surface area contributed by atoms with Gasteiger partial charge in [-0.05, 0) is 70.0 Å². The van der Waals surface area contributed by atoms with E-state index in [-0.39, 0.29) is 5.75 Å². The molecule has 0 bridgehead atoms. The lowest BCUT2D eigenvalue weighted by Crippen LogP contribution is -2.49. The van der Waals surface area contributed by atoms with Crippen LogP contribution in [0.1, 0.15) is 29.7 Å². The third kappa shape index (κ3) is 3.50. The molecule has 132 valence electrons. The molecule has 1 N–H and O–H groups in total. The van der Waals surface area contributed by atoms with E-state index in [9.17, 15) is 14.3 Å². The Kier molecular flexibility index (Phi) is 5.02. The van der Waals surface area contributed by atoms with Gasteiger partial charge in [0.15, 0.2) is 0 Å². The second-order valence-electron chi connectivity index (χ2n) is 6.21. The maximum absolute atomic E-state index is 14.5. The van der Waals surface area contributed by atoms with Crippen molar-refractivity contribution in [3.8, 4) is 5.75 Å². The molecule has 1 heterocycles. The molecule has 0 aliphatic carbocycles. The monoisotopic (exact) mass is 455 g/mol. The lowest BCUT2D eigenvalue weighted by molar-refractivity contribution is -0.177. The van der Waals surface area contributed by atoms with E-state index in [4.69, 9.17) is 4.74 Å². The van der Waals surface area contributed by atoms with Gasteiger partial charge in [0.05, 0.1) is 6.04 Å². The Labute approximate surface area is 159 Å². The molecule has 0 radical (unpaired) electrons. The molecule has 4 nitrogen and oxygen atoms in total. The number of phenols is 1. The molecule has 6 heteroatoms. The number of nitrogens with zero attached hydrogens (tertiary/aromatic N) is 1. The summed E-state index contributed by atoms with van der Waals surface area (Å²) in [5.41, 5.74) is 2.75. The van der Waals surface area contributed by atoms with Crippen LogP contribution in [0.2, 0.25) is 0 Å². The molecule has 0 saturated carbocycles. The number of alkyl halides is 1. The highest BCUT2D eigenvalue weighted by Crippen LogP contribution is 2.38. The fourth-order valence-corrected chi connectivity index (χ4v) is 3.54. The normalized spacial score (nSPS) is 19.2. The number of carbonyl (C=O) groups is 1. The van der Waals surface area contributed by atoms with E-state index >= 15 is 0 Å². The van der Waals surface area contributed by atoms with Crippen molar-refractivity contribution in [1.82, 2.24) is 4.90 Å². The van der Waals surface area contributed by atoms with Crippen molar-refractivity contribution in [3.63, 3.8) is 0 Å². The molecule has 25 heavy (non-hydrogen) atoms. The molecular weight excluding hydrogens is 436 g/mol. The number of ether oxygens (including phenoxy) is 1. The van der Waals surface area contributed by atoms with Crippen molar-refractivity contribution in [2.24, 2.45) is 0 Å². The Balaban J connectivity index is 2.10. The van der Waals surface area contributed by atoms with Crippen LogP contribution in [0, 0.1) is 3.57 Å². The fourth-order valence-electron chi connectivity index (χ4n) is 3.18. The molecule has 2 atom stereocenters. The highest BCUT2D eigenvalue weighted by Gasteiger charge is 2.42. The van der Waals surface area contributed by atoms with Crippen LogP contribution >= 0.6 is 22.6 Å². The van der Waals surface area contributed by atoms with Crippen LogP contribution in [0.4, 0.5) is 4.39 Å². The van der Waals surface area contributed by atoms with E-state index in [0.717, 1.165) is 27.2 Å². The maximum atomic E-state index is 14.5. The van der Waals surface area contributed by atoms with E-state index in [0.29, 0.717) is 13.0 Å². The summed E-state index contributed by atoms with van der Waals surface area (Å²) in [6.45, 7) is 1.49. The molecular formula is C19H19FINO3. The zero-order valence-corrected chi connectivity index (χ0v) is 16.2.